The number of piperazine rings is 1. The fraction of sp³-hybridized carbons (Fsp3) is 0.533. The molecule has 2 saturated heterocycles. The van der Waals surface area contributed by atoms with Gasteiger partial charge in [-0.3, -0.25) is 4.79 Å². The molecule has 5 heteroatoms. The SMILES string of the molecule is O=C(Nc1ccc(N2CCCC2)cc1)C1CNCCN1. The summed E-state index contributed by atoms with van der Waals surface area (Å²) in [5.74, 6) is 0.0334. The van der Waals surface area contributed by atoms with Crippen LogP contribution >= 0.6 is 0 Å². The molecule has 0 radical (unpaired) electrons. The zero-order valence-electron chi connectivity index (χ0n) is 11.7. The van der Waals surface area contributed by atoms with E-state index in [1.54, 1.807) is 0 Å². The molecular weight excluding hydrogens is 252 g/mol. The van der Waals surface area contributed by atoms with Crippen molar-refractivity contribution >= 4 is 17.3 Å². The largest absolute Gasteiger partial charge is 0.372 e. The molecule has 108 valence electrons. The smallest absolute Gasteiger partial charge is 0.242 e. The van der Waals surface area contributed by atoms with Gasteiger partial charge in [0, 0.05) is 44.1 Å². The summed E-state index contributed by atoms with van der Waals surface area (Å²) in [6.45, 7) is 4.74. The van der Waals surface area contributed by atoms with Gasteiger partial charge in [0.15, 0.2) is 0 Å². The summed E-state index contributed by atoms with van der Waals surface area (Å²) in [7, 11) is 0. The first kappa shape index (κ1) is 13.4. The molecule has 3 N–H and O–H groups in total. The fourth-order valence-corrected chi connectivity index (χ4v) is 2.80. The van der Waals surface area contributed by atoms with Crippen molar-refractivity contribution in [2.75, 3.05) is 42.9 Å². The number of hydrogen-bond acceptors (Lipinski definition) is 4. The number of amides is 1. The first-order chi connectivity index (χ1) is 9.83. The molecule has 1 unspecified atom stereocenters. The number of hydrogen-bond donors (Lipinski definition) is 3. The topological polar surface area (TPSA) is 56.4 Å². The summed E-state index contributed by atoms with van der Waals surface area (Å²) >= 11 is 0. The fourth-order valence-electron chi connectivity index (χ4n) is 2.80. The van der Waals surface area contributed by atoms with E-state index in [1.165, 1.54) is 18.5 Å². The lowest BCUT2D eigenvalue weighted by molar-refractivity contribution is -0.118. The molecule has 1 aromatic carbocycles. The van der Waals surface area contributed by atoms with Crippen LogP contribution in [0.1, 0.15) is 12.8 Å². The monoisotopic (exact) mass is 274 g/mol. The molecule has 2 heterocycles. The average molecular weight is 274 g/mol. The maximum absolute atomic E-state index is 12.1. The third-order valence-corrected chi connectivity index (χ3v) is 3.96. The highest BCUT2D eigenvalue weighted by Gasteiger charge is 2.20. The van der Waals surface area contributed by atoms with Crippen molar-refractivity contribution in [2.45, 2.75) is 18.9 Å². The first-order valence-electron chi connectivity index (χ1n) is 7.43. The minimum absolute atomic E-state index is 0.0334. The van der Waals surface area contributed by atoms with Gasteiger partial charge in [-0.05, 0) is 37.1 Å². The van der Waals surface area contributed by atoms with E-state index in [9.17, 15) is 4.79 Å². The van der Waals surface area contributed by atoms with Crippen LogP contribution in [0.2, 0.25) is 0 Å². The highest BCUT2D eigenvalue weighted by molar-refractivity contribution is 5.95. The molecule has 3 rings (SSSR count). The number of rotatable bonds is 3. The van der Waals surface area contributed by atoms with Gasteiger partial charge in [0.2, 0.25) is 5.91 Å². The van der Waals surface area contributed by atoms with Gasteiger partial charge in [0.05, 0.1) is 6.04 Å². The Hall–Kier alpha value is -1.59. The Labute approximate surface area is 119 Å². The molecule has 1 aromatic rings. The zero-order chi connectivity index (χ0) is 13.8. The van der Waals surface area contributed by atoms with Gasteiger partial charge >= 0.3 is 0 Å². The summed E-state index contributed by atoms with van der Waals surface area (Å²) in [4.78, 5) is 14.5. The molecular formula is C15H22N4O. The van der Waals surface area contributed by atoms with Crippen LogP contribution in [0.5, 0.6) is 0 Å². The molecule has 0 saturated carbocycles. The van der Waals surface area contributed by atoms with Crippen LogP contribution in [-0.4, -0.2) is 44.7 Å². The standard InChI is InChI=1S/C15H22N4O/c20-15(14-11-16-7-8-17-14)18-12-3-5-13(6-4-12)19-9-1-2-10-19/h3-6,14,16-17H,1-2,7-11H2,(H,18,20). The van der Waals surface area contributed by atoms with Crippen LogP contribution < -0.4 is 20.9 Å². The predicted molar refractivity (Wildman–Crippen MR) is 81.2 cm³/mol. The van der Waals surface area contributed by atoms with Crippen LogP contribution in [0.15, 0.2) is 24.3 Å². The van der Waals surface area contributed by atoms with E-state index in [-0.39, 0.29) is 11.9 Å². The summed E-state index contributed by atoms with van der Waals surface area (Å²) in [6, 6.07) is 8.02. The molecule has 0 aliphatic carbocycles. The molecule has 0 bridgehead atoms. The molecule has 5 nitrogen and oxygen atoms in total. The van der Waals surface area contributed by atoms with E-state index in [2.05, 4.69) is 33.0 Å². The van der Waals surface area contributed by atoms with Crippen LogP contribution in [-0.2, 0) is 4.79 Å². The average Bonchev–Trinajstić information content (AvgIpc) is 3.03. The third-order valence-electron chi connectivity index (χ3n) is 3.96. The van der Waals surface area contributed by atoms with Gasteiger partial charge in [-0.25, -0.2) is 0 Å². The van der Waals surface area contributed by atoms with Crippen molar-refractivity contribution in [3.05, 3.63) is 24.3 Å². The lowest BCUT2D eigenvalue weighted by atomic mass is 10.2. The maximum atomic E-state index is 12.1. The van der Waals surface area contributed by atoms with Gasteiger partial charge < -0.3 is 20.9 Å². The molecule has 2 aliphatic rings. The lowest BCUT2D eigenvalue weighted by Gasteiger charge is -2.23. The van der Waals surface area contributed by atoms with Crippen LogP contribution in [0.25, 0.3) is 0 Å². The van der Waals surface area contributed by atoms with E-state index >= 15 is 0 Å². The number of nitrogens with zero attached hydrogens (tertiary/aromatic N) is 1. The molecule has 1 amide bonds. The van der Waals surface area contributed by atoms with Crippen molar-refractivity contribution in [1.82, 2.24) is 10.6 Å². The highest BCUT2D eigenvalue weighted by atomic mass is 16.2. The van der Waals surface area contributed by atoms with E-state index in [1.807, 2.05) is 12.1 Å². The van der Waals surface area contributed by atoms with Crippen LogP contribution in [0, 0.1) is 0 Å². The molecule has 0 aromatic heterocycles. The molecule has 20 heavy (non-hydrogen) atoms. The van der Waals surface area contributed by atoms with Crippen molar-refractivity contribution in [2.24, 2.45) is 0 Å². The first-order valence-corrected chi connectivity index (χ1v) is 7.43. The molecule has 1 atom stereocenters. The minimum Gasteiger partial charge on any atom is -0.372 e. The quantitative estimate of drug-likeness (QED) is 0.763. The Bertz CT molecular complexity index is 447. The molecule has 2 aliphatic heterocycles. The number of carbonyl (C=O) groups is 1. The zero-order valence-corrected chi connectivity index (χ0v) is 11.7. The summed E-state index contributed by atoms with van der Waals surface area (Å²) < 4.78 is 0. The van der Waals surface area contributed by atoms with E-state index < -0.39 is 0 Å². The third kappa shape index (κ3) is 3.11. The predicted octanol–water partition coefficient (Wildman–Crippen LogP) is 0.787. The Morgan fingerprint density at radius 3 is 2.55 bits per heavy atom. The van der Waals surface area contributed by atoms with E-state index in [0.29, 0.717) is 6.54 Å². The second kappa shape index (κ2) is 6.24. The highest BCUT2D eigenvalue weighted by Crippen LogP contribution is 2.22. The Balaban J connectivity index is 1.58. The molecule has 2 fully saturated rings. The summed E-state index contributed by atoms with van der Waals surface area (Å²) in [5, 5.41) is 9.40. The van der Waals surface area contributed by atoms with Crippen molar-refractivity contribution in [1.29, 1.82) is 0 Å². The summed E-state index contributed by atoms with van der Waals surface area (Å²) in [6.07, 6.45) is 2.55. The second-order valence-corrected chi connectivity index (χ2v) is 5.44. The number of carbonyl (C=O) groups excluding carboxylic acids is 1. The Kier molecular flexibility index (Phi) is 4.18. The van der Waals surface area contributed by atoms with E-state index in [0.717, 1.165) is 31.9 Å². The van der Waals surface area contributed by atoms with Gasteiger partial charge in [-0.1, -0.05) is 0 Å². The minimum atomic E-state index is -0.137. The van der Waals surface area contributed by atoms with Crippen molar-refractivity contribution < 1.29 is 4.79 Å². The van der Waals surface area contributed by atoms with Crippen molar-refractivity contribution in [3.63, 3.8) is 0 Å². The Morgan fingerprint density at radius 2 is 1.90 bits per heavy atom. The molecule has 0 spiro atoms. The maximum Gasteiger partial charge on any atom is 0.242 e. The normalized spacial score (nSPS) is 22.8. The van der Waals surface area contributed by atoms with Gasteiger partial charge in [-0.2, -0.15) is 0 Å². The van der Waals surface area contributed by atoms with E-state index in [4.69, 9.17) is 0 Å². The number of anilines is 2. The van der Waals surface area contributed by atoms with Gasteiger partial charge in [0.1, 0.15) is 0 Å². The van der Waals surface area contributed by atoms with Gasteiger partial charge in [-0.15, -0.1) is 0 Å². The van der Waals surface area contributed by atoms with Crippen LogP contribution in [0.3, 0.4) is 0 Å². The lowest BCUT2D eigenvalue weighted by Crippen LogP contribution is -2.54. The van der Waals surface area contributed by atoms with Crippen LogP contribution in [0.4, 0.5) is 11.4 Å². The second-order valence-electron chi connectivity index (χ2n) is 5.44. The van der Waals surface area contributed by atoms with Crippen molar-refractivity contribution in [3.8, 4) is 0 Å². The van der Waals surface area contributed by atoms with Gasteiger partial charge in [0.25, 0.3) is 0 Å². The summed E-state index contributed by atoms with van der Waals surface area (Å²) in [5.41, 5.74) is 2.11. The number of benzene rings is 1. The number of nitrogens with one attached hydrogen (secondary N) is 3. The Morgan fingerprint density at radius 1 is 1.15 bits per heavy atom.